The molecule has 1 unspecified atom stereocenters. The molecule has 0 radical (unpaired) electrons. The molecule has 12 aromatic carbocycles. The lowest BCUT2D eigenvalue weighted by atomic mass is 9.70. The van der Waals surface area contributed by atoms with E-state index >= 15 is 0 Å². The second-order valence-corrected chi connectivity index (χ2v) is 27.2. The maximum absolute atomic E-state index is 13.6. The number of aliphatic hydroxyl groups excluding tert-OH is 2. The molecule has 10 N–H and O–H groups in total. The topological polar surface area (TPSA) is 238 Å². The van der Waals surface area contributed by atoms with Crippen molar-refractivity contribution in [2.75, 3.05) is 21.3 Å². The van der Waals surface area contributed by atoms with Crippen molar-refractivity contribution < 1.29 is 63.0 Å². The Morgan fingerprint density at radius 2 is 0.575 bits per heavy atom. The minimum atomic E-state index is -4.63. The summed E-state index contributed by atoms with van der Waals surface area (Å²) >= 11 is 6.28. The number of phenols is 4. The molecule has 0 saturated carbocycles. The highest BCUT2D eigenvalue weighted by molar-refractivity contribution is 6.32. The van der Waals surface area contributed by atoms with E-state index in [-0.39, 0.29) is 65.2 Å². The molecule has 0 aliphatic carbocycles. The number of rotatable bonds is 10. The van der Waals surface area contributed by atoms with Crippen LogP contribution in [0, 0.1) is 34.6 Å². The second kappa shape index (κ2) is 28.4. The van der Waals surface area contributed by atoms with Gasteiger partial charge in [-0.05, 0) is 168 Å². The zero-order valence-electron chi connectivity index (χ0n) is 58.1. The van der Waals surface area contributed by atoms with E-state index in [0.717, 1.165) is 107 Å². The molecule has 12 aromatic rings. The number of hydrogen-bond acceptors (Lipinski definition) is 10. The van der Waals surface area contributed by atoms with Gasteiger partial charge in [-0.25, -0.2) is 0 Å². The number of amides is 4. The summed E-state index contributed by atoms with van der Waals surface area (Å²) in [7, 11) is 0. The average molecular weight is 1440 g/mol. The molecule has 0 spiro atoms. The number of nitrogens with one attached hydrogen (secondary N) is 4. The lowest BCUT2D eigenvalue weighted by Gasteiger charge is -2.29. The van der Waals surface area contributed by atoms with Gasteiger partial charge in [0, 0.05) is 38.7 Å². The Bertz CT molecular complexity index is 5280. The molecule has 4 heterocycles. The standard InChI is InChI=1S/C22H18ClNO2.C22H16F3NO3.C22H19NO3.C22H19NO2/c1-13-3-5-15(6-4-13)22(16-7-9-17(25)10-8-16)18-11-12-19(23)14(2)20(18)24-21(22)26;23-22(24,25)18-3-1-2-17-19(18)26-20(29)21(17,15-8-10-16(28)11-9-15)14-6-4-13(12-27)5-7-14;1-14-3-2-4-19-20(14)23-21(26)22(19,17-9-11-18(25)12-10-17)16-7-5-15(13-24)6-8-16;1-14-6-8-16(9-7-14)22(17-10-12-18(24)13-11-17)19-5-3-4-15(2)20(19)23-21(22)25/h3-12,25H,1-2H3,(H,24,26);1-11,27-28H,12H2,(H,26,29);2-12,24-25H,13H2,1H3,(H,23,26);3-13,24H,1-2H3,(H,23,25)/t;21-;2*22-/m.111/s1. The largest absolute Gasteiger partial charge is 0.508 e. The van der Waals surface area contributed by atoms with Gasteiger partial charge in [-0.1, -0.05) is 223 Å². The van der Waals surface area contributed by atoms with Crippen LogP contribution in [0.4, 0.5) is 35.9 Å². The first kappa shape index (κ1) is 72.1. The molecule has 4 atom stereocenters. The van der Waals surface area contributed by atoms with Crippen LogP contribution >= 0.6 is 11.6 Å². The van der Waals surface area contributed by atoms with Gasteiger partial charge in [-0.15, -0.1) is 0 Å². The molecule has 0 bridgehead atoms. The van der Waals surface area contributed by atoms with Crippen molar-refractivity contribution in [1.29, 1.82) is 0 Å². The summed E-state index contributed by atoms with van der Waals surface area (Å²) in [6, 6.07) is 75.6. The molecule has 106 heavy (non-hydrogen) atoms. The van der Waals surface area contributed by atoms with Crippen LogP contribution in [0.25, 0.3) is 0 Å². The SMILES string of the molecule is Cc1ccc(C2(c3ccc(O)cc3)C(=O)Nc3c2ccc(Cl)c3C)cc1.Cc1ccc([C@]2(c3ccc(O)cc3)C(=O)Nc3c(C)cccc32)cc1.Cc1cccc2c1NC(=O)[C@@]2(c1ccc(O)cc1)c1ccc(CO)cc1.O=C1Nc2c(C(F)(F)F)cccc2[C@]1(c1ccc(O)cc1)c1ccc(CO)cc1. The van der Waals surface area contributed by atoms with Crippen molar-refractivity contribution >= 4 is 58.0 Å². The van der Waals surface area contributed by atoms with Gasteiger partial charge in [0.25, 0.3) is 0 Å². The number of alkyl halides is 3. The number of aryl methyl sites for hydroxylation is 4. The number of aliphatic hydroxyl groups is 2. The van der Waals surface area contributed by atoms with Crippen molar-refractivity contribution in [3.63, 3.8) is 0 Å². The Morgan fingerprint density at radius 3 is 0.877 bits per heavy atom. The third kappa shape index (κ3) is 12.2. The number of carbonyl (C=O) groups is 4. The lowest BCUT2D eigenvalue weighted by Crippen LogP contribution is -2.37. The Labute approximate surface area is 614 Å². The molecule has 0 aromatic heterocycles. The average Bonchev–Trinajstić information content (AvgIpc) is 1.67. The summed E-state index contributed by atoms with van der Waals surface area (Å²) in [4.78, 5) is 53.3. The van der Waals surface area contributed by atoms with Gasteiger partial charge in [0.15, 0.2) is 0 Å². The van der Waals surface area contributed by atoms with Crippen LogP contribution in [0.5, 0.6) is 23.0 Å². The highest BCUT2D eigenvalue weighted by Gasteiger charge is 2.55. The normalized spacial score (nSPS) is 18.5. The fraction of sp³-hybridized carbons (Fsp3) is 0.136. The van der Waals surface area contributed by atoms with Gasteiger partial charge in [-0.3, -0.25) is 19.2 Å². The summed E-state index contributed by atoms with van der Waals surface area (Å²) in [6.45, 7) is 9.68. The summed E-state index contributed by atoms with van der Waals surface area (Å²) in [5, 5.41) is 69.6. The van der Waals surface area contributed by atoms with Crippen molar-refractivity contribution in [3.05, 3.63) is 377 Å². The molecule has 532 valence electrons. The van der Waals surface area contributed by atoms with E-state index in [0.29, 0.717) is 21.7 Å². The smallest absolute Gasteiger partial charge is 0.418 e. The van der Waals surface area contributed by atoms with E-state index in [1.54, 1.807) is 84.9 Å². The van der Waals surface area contributed by atoms with E-state index in [4.69, 9.17) is 11.6 Å². The zero-order chi connectivity index (χ0) is 75.2. The van der Waals surface area contributed by atoms with E-state index in [9.17, 15) is 63.0 Å². The quantitative estimate of drug-likeness (QED) is 0.0621. The molecule has 4 aliphatic rings. The first-order chi connectivity index (χ1) is 50.8. The number of benzene rings is 12. The van der Waals surface area contributed by atoms with Crippen molar-refractivity contribution in [1.82, 2.24) is 0 Å². The van der Waals surface area contributed by atoms with Crippen LogP contribution in [0.1, 0.15) is 111 Å². The van der Waals surface area contributed by atoms with E-state index < -0.39 is 39.3 Å². The second-order valence-electron chi connectivity index (χ2n) is 26.8. The molecule has 16 rings (SSSR count). The minimum absolute atomic E-state index is 0.0257. The van der Waals surface area contributed by atoms with Gasteiger partial charge in [0.2, 0.25) is 23.6 Å². The third-order valence-electron chi connectivity index (χ3n) is 20.6. The van der Waals surface area contributed by atoms with Crippen molar-refractivity contribution in [3.8, 4) is 23.0 Å². The minimum Gasteiger partial charge on any atom is -0.508 e. The van der Waals surface area contributed by atoms with Crippen molar-refractivity contribution in [2.45, 2.75) is 75.7 Å². The van der Waals surface area contributed by atoms with E-state index in [1.807, 2.05) is 168 Å². The summed E-state index contributed by atoms with van der Waals surface area (Å²) in [6.07, 6.45) is -4.63. The van der Waals surface area contributed by atoms with Gasteiger partial charge in [0.05, 0.1) is 30.2 Å². The molecule has 4 amide bonds. The lowest BCUT2D eigenvalue weighted by molar-refractivity contribution is -0.137. The summed E-state index contributed by atoms with van der Waals surface area (Å²) < 4.78 is 40.7. The summed E-state index contributed by atoms with van der Waals surface area (Å²) in [5.41, 5.74) is 12.2. The number of halogens is 4. The van der Waals surface area contributed by atoms with Crippen LogP contribution in [0.3, 0.4) is 0 Å². The predicted octanol–water partition coefficient (Wildman–Crippen LogP) is 16.9. The number of anilines is 4. The fourth-order valence-corrected chi connectivity index (χ4v) is 15.3. The number of hydrogen-bond donors (Lipinski definition) is 10. The summed E-state index contributed by atoms with van der Waals surface area (Å²) in [5.74, 6) is -0.441. The van der Waals surface area contributed by atoms with Gasteiger partial charge >= 0.3 is 6.18 Å². The van der Waals surface area contributed by atoms with Gasteiger partial charge in [-0.2, -0.15) is 13.2 Å². The van der Waals surface area contributed by atoms with Crippen LogP contribution in [0.15, 0.2) is 261 Å². The zero-order valence-corrected chi connectivity index (χ0v) is 58.8. The number of fused-ring (bicyclic) bond motifs is 4. The first-order valence-electron chi connectivity index (χ1n) is 34.0. The van der Waals surface area contributed by atoms with E-state index in [2.05, 4.69) is 21.3 Å². The van der Waals surface area contributed by atoms with Crippen LogP contribution < -0.4 is 21.3 Å². The number of para-hydroxylation sites is 3. The molecule has 0 saturated heterocycles. The van der Waals surface area contributed by atoms with Crippen molar-refractivity contribution in [2.24, 2.45) is 0 Å². The highest BCUT2D eigenvalue weighted by Crippen LogP contribution is 2.55. The highest BCUT2D eigenvalue weighted by atomic mass is 35.5. The van der Waals surface area contributed by atoms with Gasteiger partial charge < -0.3 is 51.9 Å². The Hall–Kier alpha value is -12.3. The Balaban J connectivity index is 0.000000125. The predicted molar refractivity (Wildman–Crippen MR) is 404 cm³/mol. The first-order valence-corrected chi connectivity index (χ1v) is 34.4. The number of phenolic OH excluding ortho intramolecular Hbond substituents is 4. The number of aromatic hydroxyl groups is 4. The van der Waals surface area contributed by atoms with Gasteiger partial charge in [0.1, 0.15) is 44.7 Å². The monoisotopic (exact) mass is 1440 g/mol. The molecule has 18 heteroatoms. The molecule has 0 fully saturated rings. The van der Waals surface area contributed by atoms with E-state index in [1.165, 1.54) is 36.4 Å². The maximum Gasteiger partial charge on any atom is 0.418 e. The number of carbonyl (C=O) groups excluding carboxylic acids is 4. The Morgan fingerprint density at radius 1 is 0.321 bits per heavy atom. The van der Waals surface area contributed by atoms with Crippen LogP contribution in [-0.2, 0) is 60.2 Å². The fourth-order valence-electron chi connectivity index (χ4n) is 15.1. The Kier molecular flexibility index (Phi) is 19.3. The molecule has 4 aliphatic heterocycles. The van der Waals surface area contributed by atoms with Crippen LogP contribution in [-0.4, -0.2) is 54.3 Å². The molecular weight excluding hydrogens is 1370 g/mol. The molecular formula is C88H72ClF3N4O10. The molecule has 14 nitrogen and oxygen atoms in total. The maximum atomic E-state index is 13.6. The van der Waals surface area contributed by atoms with Crippen LogP contribution in [0.2, 0.25) is 5.02 Å². The third-order valence-corrected chi connectivity index (χ3v) is 21.0.